The van der Waals surface area contributed by atoms with Gasteiger partial charge in [-0.15, -0.1) is 11.3 Å². The second-order valence-electron chi connectivity index (χ2n) is 4.13. The summed E-state index contributed by atoms with van der Waals surface area (Å²) < 4.78 is 12.8. The quantitative estimate of drug-likeness (QED) is 0.808. The number of nitrogens with zero attached hydrogens (tertiary/aromatic N) is 1. The molecule has 4 heteroatoms. The lowest BCUT2D eigenvalue weighted by molar-refractivity contribution is 0.628. The van der Waals surface area contributed by atoms with Crippen LogP contribution in [0, 0.1) is 5.82 Å². The van der Waals surface area contributed by atoms with Crippen LogP contribution in [0.3, 0.4) is 0 Å². The lowest BCUT2D eigenvalue weighted by atomic mass is 10.2. The lowest BCUT2D eigenvalue weighted by Gasteiger charge is -1.99. The molecule has 1 N–H and O–H groups in total. The highest BCUT2D eigenvalue weighted by Crippen LogP contribution is 2.22. The average molecular weight is 264 g/mol. The highest BCUT2D eigenvalue weighted by atomic mass is 32.1. The van der Waals surface area contributed by atoms with Crippen LogP contribution in [0.25, 0.3) is 11.3 Å². The number of halogens is 1. The van der Waals surface area contributed by atoms with E-state index < -0.39 is 0 Å². The summed E-state index contributed by atoms with van der Waals surface area (Å²) in [6, 6.07) is 6.47. The Morgan fingerprint density at radius 1 is 1.22 bits per heavy atom. The van der Waals surface area contributed by atoms with Gasteiger partial charge in [0.15, 0.2) is 0 Å². The van der Waals surface area contributed by atoms with E-state index in [0.717, 1.165) is 42.2 Å². The molecule has 0 saturated heterocycles. The molecule has 0 fully saturated rings. The molecule has 0 aliphatic heterocycles. The molecule has 0 spiro atoms. The summed E-state index contributed by atoms with van der Waals surface area (Å²) in [7, 11) is 0. The number of thiazole rings is 1. The van der Waals surface area contributed by atoms with Crippen molar-refractivity contribution in [3.8, 4) is 11.3 Å². The van der Waals surface area contributed by atoms with Crippen LogP contribution in [0.5, 0.6) is 0 Å². The molecule has 18 heavy (non-hydrogen) atoms. The van der Waals surface area contributed by atoms with E-state index in [1.807, 2.05) is 5.38 Å². The first-order valence-electron chi connectivity index (χ1n) is 6.20. The largest absolute Gasteiger partial charge is 0.316 e. The molecule has 0 radical (unpaired) electrons. The average Bonchev–Trinajstić information content (AvgIpc) is 2.84. The zero-order chi connectivity index (χ0) is 12.8. The van der Waals surface area contributed by atoms with Crippen molar-refractivity contribution < 1.29 is 4.39 Å². The van der Waals surface area contributed by atoms with Gasteiger partial charge in [-0.25, -0.2) is 9.37 Å². The van der Waals surface area contributed by atoms with E-state index in [1.165, 1.54) is 12.1 Å². The first-order chi connectivity index (χ1) is 8.79. The van der Waals surface area contributed by atoms with Crippen molar-refractivity contribution >= 4 is 11.3 Å². The maximum absolute atomic E-state index is 12.8. The number of rotatable bonds is 6. The van der Waals surface area contributed by atoms with E-state index in [0.29, 0.717) is 0 Å². The molecule has 2 rings (SSSR count). The zero-order valence-corrected chi connectivity index (χ0v) is 11.3. The van der Waals surface area contributed by atoms with Gasteiger partial charge in [-0.1, -0.05) is 6.92 Å². The molecule has 1 aromatic heterocycles. The first-order valence-corrected chi connectivity index (χ1v) is 7.08. The predicted octanol–water partition coefficient (Wildman–Crippen LogP) is 3.49. The van der Waals surface area contributed by atoms with Crippen LogP contribution in [0.15, 0.2) is 29.6 Å². The molecule has 0 saturated carbocycles. The van der Waals surface area contributed by atoms with Gasteiger partial charge < -0.3 is 5.32 Å². The third kappa shape index (κ3) is 3.62. The van der Waals surface area contributed by atoms with Crippen LogP contribution in [0.4, 0.5) is 4.39 Å². The number of nitrogens with one attached hydrogen (secondary N) is 1. The molecule has 0 atom stereocenters. The van der Waals surface area contributed by atoms with E-state index in [2.05, 4.69) is 17.2 Å². The van der Waals surface area contributed by atoms with Gasteiger partial charge in [0.05, 0.1) is 10.7 Å². The molecule has 0 amide bonds. The Hall–Kier alpha value is -1.26. The van der Waals surface area contributed by atoms with Crippen molar-refractivity contribution in [1.82, 2.24) is 10.3 Å². The second kappa shape index (κ2) is 6.61. The van der Waals surface area contributed by atoms with Crippen molar-refractivity contribution in [2.24, 2.45) is 0 Å². The normalized spacial score (nSPS) is 10.8. The minimum absolute atomic E-state index is 0.210. The topological polar surface area (TPSA) is 24.9 Å². The van der Waals surface area contributed by atoms with E-state index in [1.54, 1.807) is 23.5 Å². The van der Waals surface area contributed by atoms with Gasteiger partial charge in [0.25, 0.3) is 0 Å². The molecular weight excluding hydrogens is 247 g/mol. The third-order valence-corrected chi connectivity index (χ3v) is 3.54. The fraction of sp³-hybridized carbons (Fsp3) is 0.357. The van der Waals surface area contributed by atoms with Crippen molar-refractivity contribution in [3.63, 3.8) is 0 Å². The summed E-state index contributed by atoms with van der Waals surface area (Å²) in [6.45, 7) is 4.17. The highest BCUT2D eigenvalue weighted by molar-refractivity contribution is 7.09. The van der Waals surface area contributed by atoms with E-state index >= 15 is 0 Å². The van der Waals surface area contributed by atoms with Gasteiger partial charge in [0, 0.05) is 23.9 Å². The minimum Gasteiger partial charge on any atom is -0.316 e. The number of benzene rings is 1. The Balaban J connectivity index is 1.95. The van der Waals surface area contributed by atoms with Crippen LogP contribution in [0.1, 0.15) is 18.4 Å². The Morgan fingerprint density at radius 3 is 2.72 bits per heavy atom. The third-order valence-electron chi connectivity index (χ3n) is 2.63. The van der Waals surface area contributed by atoms with Crippen LogP contribution in [-0.2, 0) is 6.42 Å². The molecule has 2 aromatic rings. The predicted molar refractivity (Wildman–Crippen MR) is 74.4 cm³/mol. The maximum atomic E-state index is 12.8. The zero-order valence-electron chi connectivity index (χ0n) is 10.4. The number of hydrogen-bond acceptors (Lipinski definition) is 3. The summed E-state index contributed by atoms with van der Waals surface area (Å²) >= 11 is 1.66. The van der Waals surface area contributed by atoms with Crippen LogP contribution in [0.2, 0.25) is 0 Å². The van der Waals surface area contributed by atoms with E-state index in [9.17, 15) is 4.39 Å². The lowest BCUT2D eigenvalue weighted by Crippen LogP contribution is -2.17. The highest BCUT2D eigenvalue weighted by Gasteiger charge is 2.04. The first kappa shape index (κ1) is 13.2. The van der Waals surface area contributed by atoms with Crippen molar-refractivity contribution in [1.29, 1.82) is 0 Å². The second-order valence-corrected chi connectivity index (χ2v) is 5.08. The number of aromatic nitrogens is 1. The summed E-state index contributed by atoms with van der Waals surface area (Å²) in [5.41, 5.74) is 1.91. The molecule has 1 heterocycles. The summed E-state index contributed by atoms with van der Waals surface area (Å²) in [6.07, 6.45) is 2.10. The SMILES string of the molecule is CCCNCCc1nc(-c2ccc(F)cc2)cs1. The van der Waals surface area contributed by atoms with Crippen LogP contribution in [-0.4, -0.2) is 18.1 Å². The van der Waals surface area contributed by atoms with Gasteiger partial charge in [0.1, 0.15) is 5.82 Å². The standard InChI is InChI=1S/C14H17FN2S/c1-2-8-16-9-7-14-17-13(10-18-14)11-3-5-12(15)6-4-11/h3-6,10,16H,2,7-9H2,1H3. The van der Waals surface area contributed by atoms with Crippen molar-refractivity contribution in [2.75, 3.05) is 13.1 Å². The molecule has 1 aromatic carbocycles. The van der Waals surface area contributed by atoms with Crippen LogP contribution < -0.4 is 5.32 Å². The van der Waals surface area contributed by atoms with Gasteiger partial charge in [0.2, 0.25) is 0 Å². The van der Waals surface area contributed by atoms with Gasteiger partial charge >= 0.3 is 0 Å². The van der Waals surface area contributed by atoms with Gasteiger partial charge in [-0.05, 0) is 37.2 Å². The monoisotopic (exact) mass is 264 g/mol. The maximum Gasteiger partial charge on any atom is 0.123 e. The molecule has 2 nitrogen and oxygen atoms in total. The Labute approximate surface area is 111 Å². The smallest absolute Gasteiger partial charge is 0.123 e. The van der Waals surface area contributed by atoms with Gasteiger partial charge in [-0.3, -0.25) is 0 Å². The Morgan fingerprint density at radius 2 is 2.00 bits per heavy atom. The fourth-order valence-corrected chi connectivity index (χ4v) is 2.48. The summed E-state index contributed by atoms with van der Waals surface area (Å²) in [5.74, 6) is -0.210. The summed E-state index contributed by atoms with van der Waals surface area (Å²) in [5, 5.41) is 6.51. The van der Waals surface area contributed by atoms with Crippen molar-refractivity contribution in [2.45, 2.75) is 19.8 Å². The molecule has 0 aliphatic carbocycles. The minimum atomic E-state index is -0.210. The molecule has 0 bridgehead atoms. The van der Waals surface area contributed by atoms with E-state index in [-0.39, 0.29) is 5.82 Å². The molecule has 0 unspecified atom stereocenters. The Kier molecular flexibility index (Phi) is 4.84. The summed E-state index contributed by atoms with van der Waals surface area (Å²) in [4.78, 5) is 4.56. The fourth-order valence-electron chi connectivity index (χ4n) is 1.68. The number of hydrogen-bond donors (Lipinski definition) is 1. The van der Waals surface area contributed by atoms with E-state index in [4.69, 9.17) is 0 Å². The molecular formula is C14H17FN2S. The van der Waals surface area contributed by atoms with Gasteiger partial charge in [-0.2, -0.15) is 0 Å². The Bertz CT molecular complexity index is 479. The molecule has 96 valence electrons. The molecule has 0 aliphatic rings. The van der Waals surface area contributed by atoms with Crippen molar-refractivity contribution in [3.05, 3.63) is 40.5 Å². The van der Waals surface area contributed by atoms with Crippen LogP contribution >= 0.6 is 11.3 Å².